The largest absolute Gasteiger partial charge is 0.486 e. The van der Waals surface area contributed by atoms with Gasteiger partial charge in [0, 0.05) is 12.6 Å². The maximum atomic E-state index is 13.4. The highest BCUT2D eigenvalue weighted by molar-refractivity contribution is 5.94. The number of carbonyl (C=O) groups is 1. The Morgan fingerprint density at radius 1 is 1.06 bits per heavy atom. The Kier molecular flexibility index (Phi) is 5.37. The molecule has 0 saturated heterocycles. The van der Waals surface area contributed by atoms with Crippen molar-refractivity contribution in [2.75, 3.05) is 13.2 Å². The molecule has 0 radical (unpaired) electrons. The summed E-state index contributed by atoms with van der Waals surface area (Å²) in [4.78, 5) is 13.4. The standard InChI is InChI=1S/C25H27N3O3/c1-28-24(19-9-5-6-10-20(19)27-28)25(29)26-21(15-17-7-3-2-4-8-17)18-11-12-22-23(16-18)31-14-13-30-22/h2-4,7-8,11-12,16,21H,5-6,9-10,13-15H2,1H3,(H,26,29). The Bertz CT molecular complexity index is 1090. The maximum absolute atomic E-state index is 13.4. The molecule has 1 aliphatic carbocycles. The number of aryl methyl sites for hydroxylation is 2. The van der Waals surface area contributed by atoms with E-state index in [9.17, 15) is 4.79 Å². The molecule has 5 rings (SSSR count). The first-order chi connectivity index (χ1) is 15.2. The first-order valence-electron chi connectivity index (χ1n) is 11.0. The van der Waals surface area contributed by atoms with Gasteiger partial charge in [-0.25, -0.2) is 0 Å². The minimum absolute atomic E-state index is 0.0750. The van der Waals surface area contributed by atoms with E-state index in [1.54, 1.807) is 4.68 Å². The van der Waals surface area contributed by atoms with E-state index in [2.05, 4.69) is 22.5 Å². The van der Waals surface area contributed by atoms with Crippen LogP contribution in [0, 0.1) is 0 Å². The molecule has 0 fully saturated rings. The number of ether oxygens (including phenoxy) is 2. The van der Waals surface area contributed by atoms with Gasteiger partial charge in [0.15, 0.2) is 11.5 Å². The summed E-state index contributed by atoms with van der Waals surface area (Å²) < 4.78 is 13.2. The van der Waals surface area contributed by atoms with E-state index in [1.807, 2.05) is 43.4 Å². The number of fused-ring (bicyclic) bond motifs is 2. The predicted molar refractivity (Wildman–Crippen MR) is 118 cm³/mol. The summed E-state index contributed by atoms with van der Waals surface area (Å²) in [6.45, 7) is 1.09. The number of carbonyl (C=O) groups excluding carboxylic acids is 1. The fourth-order valence-electron chi connectivity index (χ4n) is 4.57. The van der Waals surface area contributed by atoms with Crippen LogP contribution in [0.3, 0.4) is 0 Å². The molecule has 1 aromatic heterocycles. The quantitative estimate of drug-likeness (QED) is 0.686. The van der Waals surface area contributed by atoms with Gasteiger partial charge in [-0.15, -0.1) is 0 Å². The zero-order chi connectivity index (χ0) is 21.2. The summed E-state index contributed by atoms with van der Waals surface area (Å²) >= 11 is 0. The number of nitrogens with zero attached hydrogens (tertiary/aromatic N) is 2. The molecule has 0 bridgehead atoms. The molecule has 0 saturated carbocycles. The van der Waals surface area contributed by atoms with Crippen LogP contribution in [-0.2, 0) is 26.3 Å². The van der Waals surface area contributed by atoms with Gasteiger partial charge in [0.25, 0.3) is 5.91 Å². The summed E-state index contributed by atoms with van der Waals surface area (Å²) in [5.74, 6) is 1.41. The van der Waals surface area contributed by atoms with Gasteiger partial charge in [0.1, 0.15) is 18.9 Å². The zero-order valence-electron chi connectivity index (χ0n) is 17.8. The SMILES string of the molecule is Cn1nc2c(c1C(=O)NC(Cc1ccccc1)c1ccc3c(c1)OCCO3)CCCC2. The van der Waals surface area contributed by atoms with Crippen molar-refractivity contribution < 1.29 is 14.3 Å². The molecule has 1 amide bonds. The second-order valence-electron chi connectivity index (χ2n) is 8.22. The normalized spacial score (nSPS) is 15.8. The van der Waals surface area contributed by atoms with Crippen molar-refractivity contribution in [3.8, 4) is 11.5 Å². The van der Waals surface area contributed by atoms with E-state index in [-0.39, 0.29) is 11.9 Å². The van der Waals surface area contributed by atoms with Gasteiger partial charge >= 0.3 is 0 Å². The first kappa shape index (κ1) is 19.7. The van der Waals surface area contributed by atoms with Gasteiger partial charge in [-0.05, 0) is 55.4 Å². The topological polar surface area (TPSA) is 65.4 Å². The lowest BCUT2D eigenvalue weighted by atomic mass is 9.95. The summed E-state index contributed by atoms with van der Waals surface area (Å²) in [7, 11) is 1.86. The van der Waals surface area contributed by atoms with Crippen molar-refractivity contribution >= 4 is 5.91 Å². The lowest BCUT2D eigenvalue weighted by Crippen LogP contribution is -2.32. The van der Waals surface area contributed by atoms with E-state index in [0.29, 0.717) is 25.3 Å². The molecule has 6 nitrogen and oxygen atoms in total. The number of aromatic nitrogens is 2. The molecule has 160 valence electrons. The Morgan fingerprint density at radius 3 is 2.68 bits per heavy atom. The molecule has 2 aromatic carbocycles. The minimum Gasteiger partial charge on any atom is -0.486 e. The number of nitrogens with one attached hydrogen (secondary N) is 1. The highest BCUT2D eigenvalue weighted by atomic mass is 16.6. The smallest absolute Gasteiger partial charge is 0.270 e. The van der Waals surface area contributed by atoms with Gasteiger partial charge in [-0.2, -0.15) is 5.10 Å². The van der Waals surface area contributed by atoms with Crippen LogP contribution in [-0.4, -0.2) is 28.9 Å². The molecule has 0 spiro atoms. The average molecular weight is 418 g/mol. The van der Waals surface area contributed by atoms with E-state index < -0.39 is 0 Å². The van der Waals surface area contributed by atoms with Gasteiger partial charge in [0.05, 0.1) is 11.7 Å². The number of benzene rings is 2. The highest BCUT2D eigenvalue weighted by Gasteiger charge is 2.26. The maximum Gasteiger partial charge on any atom is 0.270 e. The number of amides is 1. The molecule has 2 heterocycles. The van der Waals surface area contributed by atoms with Crippen LogP contribution in [0.15, 0.2) is 48.5 Å². The zero-order valence-corrected chi connectivity index (χ0v) is 17.8. The second-order valence-corrected chi connectivity index (χ2v) is 8.22. The minimum atomic E-state index is -0.195. The van der Waals surface area contributed by atoms with E-state index in [0.717, 1.165) is 59.6 Å². The molecular weight excluding hydrogens is 390 g/mol. The van der Waals surface area contributed by atoms with Crippen molar-refractivity contribution in [1.82, 2.24) is 15.1 Å². The predicted octanol–water partition coefficient (Wildman–Crippen LogP) is 3.78. The van der Waals surface area contributed by atoms with Crippen LogP contribution in [0.25, 0.3) is 0 Å². The summed E-state index contributed by atoms with van der Waals surface area (Å²) in [6.07, 6.45) is 4.80. The monoisotopic (exact) mass is 417 g/mol. The van der Waals surface area contributed by atoms with E-state index in [4.69, 9.17) is 9.47 Å². The Balaban J connectivity index is 1.46. The van der Waals surface area contributed by atoms with Gasteiger partial charge in [-0.3, -0.25) is 9.48 Å². The lowest BCUT2D eigenvalue weighted by Gasteiger charge is -2.23. The van der Waals surface area contributed by atoms with Crippen LogP contribution >= 0.6 is 0 Å². The molecule has 31 heavy (non-hydrogen) atoms. The average Bonchev–Trinajstić information content (AvgIpc) is 3.14. The van der Waals surface area contributed by atoms with Crippen molar-refractivity contribution in [1.29, 1.82) is 0 Å². The van der Waals surface area contributed by atoms with Crippen LogP contribution in [0.4, 0.5) is 0 Å². The van der Waals surface area contributed by atoms with Crippen LogP contribution in [0.2, 0.25) is 0 Å². The molecular formula is C25H27N3O3. The molecule has 1 atom stereocenters. The molecule has 3 aromatic rings. The van der Waals surface area contributed by atoms with E-state index in [1.165, 1.54) is 0 Å². The molecule has 1 N–H and O–H groups in total. The van der Waals surface area contributed by atoms with Crippen molar-refractivity contribution in [2.45, 2.75) is 38.1 Å². The summed E-state index contributed by atoms with van der Waals surface area (Å²) in [5, 5.41) is 7.90. The highest BCUT2D eigenvalue weighted by Crippen LogP contribution is 2.34. The van der Waals surface area contributed by atoms with Crippen LogP contribution < -0.4 is 14.8 Å². The molecule has 2 aliphatic rings. The third kappa shape index (κ3) is 4.02. The van der Waals surface area contributed by atoms with Gasteiger partial charge in [0.2, 0.25) is 0 Å². The Hall–Kier alpha value is -3.28. The summed E-state index contributed by atoms with van der Waals surface area (Å²) in [6, 6.07) is 16.0. The van der Waals surface area contributed by atoms with Crippen LogP contribution in [0.5, 0.6) is 11.5 Å². The lowest BCUT2D eigenvalue weighted by molar-refractivity contribution is 0.0925. The summed E-state index contributed by atoms with van der Waals surface area (Å²) in [5.41, 5.74) is 5.02. The van der Waals surface area contributed by atoms with Gasteiger partial charge < -0.3 is 14.8 Å². The third-order valence-electron chi connectivity index (χ3n) is 6.09. The number of hydrogen-bond acceptors (Lipinski definition) is 4. The van der Waals surface area contributed by atoms with Crippen LogP contribution in [0.1, 0.15) is 51.8 Å². The fourth-order valence-corrected chi connectivity index (χ4v) is 4.57. The Morgan fingerprint density at radius 2 is 1.84 bits per heavy atom. The Labute approximate surface area is 182 Å². The second kappa shape index (κ2) is 8.46. The van der Waals surface area contributed by atoms with Crippen molar-refractivity contribution in [3.63, 3.8) is 0 Å². The molecule has 1 unspecified atom stereocenters. The van der Waals surface area contributed by atoms with E-state index >= 15 is 0 Å². The molecule has 1 aliphatic heterocycles. The van der Waals surface area contributed by atoms with Gasteiger partial charge in [-0.1, -0.05) is 36.4 Å². The third-order valence-corrected chi connectivity index (χ3v) is 6.09. The fraction of sp³-hybridized carbons (Fsp3) is 0.360. The van der Waals surface area contributed by atoms with Crippen molar-refractivity contribution in [3.05, 3.63) is 76.6 Å². The number of rotatable bonds is 5. The molecule has 6 heteroatoms. The first-order valence-corrected chi connectivity index (χ1v) is 11.0. The number of hydrogen-bond donors (Lipinski definition) is 1. The van der Waals surface area contributed by atoms with Crippen molar-refractivity contribution in [2.24, 2.45) is 7.05 Å².